The molecule has 0 aliphatic rings. The number of thiophene rings is 1. The number of carbonyl (C=O) groups excluding carboxylic acids is 1. The normalized spacial score (nSPS) is 12.5. The number of thioether (sulfide) groups is 1. The molecular weight excluding hydrogens is 397 g/mol. The fraction of sp³-hybridized carbons (Fsp3) is 0.350. The van der Waals surface area contributed by atoms with Crippen molar-refractivity contribution in [3.8, 4) is 11.1 Å². The molecule has 0 bridgehead atoms. The maximum atomic E-state index is 13.2. The van der Waals surface area contributed by atoms with Crippen molar-refractivity contribution in [2.45, 2.75) is 31.2 Å². The number of amides is 1. The van der Waals surface area contributed by atoms with Crippen molar-refractivity contribution >= 4 is 39.2 Å². The van der Waals surface area contributed by atoms with Crippen LogP contribution in [0.2, 0.25) is 0 Å². The van der Waals surface area contributed by atoms with Crippen LogP contribution in [-0.2, 0) is 11.8 Å². The summed E-state index contributed by atoms with van der Waals surface area (Å²) in [6, 6.07) is 6.05. The van der Waals surface area contributed by atoms with Crippen molar-refractivity contribution in [3.05, 3.63) is 45.8 Å². The topological polar surface area (TPSA) is 64.0 Å². The van der Waals surface area contributed by atoms with Gasteiger partial charge < -0.3 is 5.32 Å². The van der Waals surface area contributed by atoms with E-state index in [2.05, 4.69) is 10.3 Å². The average Bonchev–Trinajstić information content (AvgIpc) is 3.08. The van der Waals surface area contributed by atoms with Gasteiger partial charge in [-0.25, -0.2) is 9.37 Å². The number of nitrogens with zero attached hydrogens (tertiary/aromatic N) is 2. The first-order chi connectivity index (χ1) is 13.3. The number of fused-ring (bicyclic) bond motifs is 1. The molecule has 2 heterocycles. The highest BCUT2D eigenvalue weighted by molar-refractivity contribution is 8.00. The number of hydrogen-bond donors (Lipinski definition) is 1. The standard InChI is InChI=1S/C20H22FN3O2S2/c1-11(2)9-22-17(25)12(3)28-20-23-18-16(19(26)24(20)4)15(10-27-18)13-5-7-14(21)8-6-13/h5-8,10-12H,9H2,1-4H3,(H,22,25)/t12-/m1/s1. The third kappa shape index (κ3) is 4.28. The molecule has 1 amide bonds. The highest BCUT2D eigenvalue weighted by Crippen LogP contribution is 2.32. The van der Waals surface area contributed by atoms with E-state index in [9.17, 15) is 14.0 Å². The van der Waals surface area contributed by atoms with Crippen LogP contribution in [0.3, 0.4) is 0 Å². The number of rotatable bonds is 6. The zero-order valence-electron chi connectivity index (χ0n) is 16.2. The molecule has 1 aromatic carbocycles. The molecule has 1 N–H and O–H groups in total. The minimum Gasteiger partial charge on any atom is -0.355 e. The Morgan fingerprint density at radius 3 is 2.61 bits per heavy atom. The Morgan fingerprint density at radius 2 is 1.96 bits per heavy atom. The molecule has 8 heteroatoms. The molecule has 1 atom stereocenters. The second-order valence-corrected chi connectivity index (χ2v) is 9.16. The lowest BCUT2D eigenvalue weighted by Gasteiger charge is -2.14. The van der Waals surface area contributed by atoms with E-state index in [1.54, 1.807) is 26.1 Å². The van der Waals surface area contributed by atoms with Crippen LogP contribution >= 0.6 is 23.1 Å². The van der Waals surface area contributed by atoms with Crippen LogP contribution < -0.4 is 10.9 Å². The van der Waals surface area contributed by atoms with E-state index >= 15 is 0 Å². The van der Waals surface area contributed by atoms with Gasteiger partial charge in [0.05, 0.1) is 10.6 Å². The van der Waals surface area contributed by atoms with Crippen LogP contribution in [0.1, 0.15) is 20.8 Å². The summed E-state index contributed by atoms with van der Waals surface area (Å²) < 4.78 is 14.7. The molecule has 148 valence electrons. The Balaban J connectivity index is 1.92. The van der Waals surface area contributed by atoms with Gasteiger partial charge in [-0.1, -0.05) is 37.7 Å². The van der Waals surface area contributed by atoms with Gasteiger partial charge in [-0.15, -0.1) is 11.3 Å². The number of aromatic nitrogens is 2. The summed E-state index contributed by atoms with van der Waals surface area (Å²) in [7, 11) is 1.65. The highest BCUT2D eigenvalue weighted by Gasteiger charge is 2.20. The summed E-state index contributed by atoms with van der Waals surface area (Å²) in [6.07, 6.45) is 0. The van der Waals surface area contributed by atoms with Gasteiger partial charge in [0.15, 0.2) is 5.16 Å². The third-order valence-corrected chi connectivity index (χ3v) is 6.28. The molecule has 0 unspecified atom stereocenters. The Kier molecular flexibility index (Phi) is 6.20. The predicted molar refractivity (Wildman–Crippen MR) is 113 cm³/mol. The summed E-state index contributed by atoms with van der Waals surface area (Å²) in [5.41, 5.74) is 1.34. The van der Waals surface area contributed by atoms with Crippen molar-refractivity contribution < 1.29 is 9.18 Å². The van der Waals surface area contributed by atoms with Gasteiger partial charge in [-0.3, -0.25) is 14.2 Å². The summed E-state index contributed by atoms with van der Waals surface area (Å²) in [5.74, 6) is -0.0278. The van der Waals surface area contributed by atoms with E-state index in [0.29, 0.717) is 27.8 Å². The van der Waals surface area contributed by atoms with Crippen molar-refractivity contribution in [1.82, 2.24) is 14.9 Å². The molecule has 5 nitrogen and oxygen atoms in total. The average molecular weight is 420 g/mol. The quantitative estimate of drug-likeness (QED) is 0.484. The first-order valence-electron chi connectivity index (χ1n) is 8.96. The highest BCUT2D eigenvalue weighted by atomic mass is 32.2. The molecule has 0 fully saturated rings. The Morgan fingerprint density at radius 1 is 1.29 bits per heavy atom. The van der Waals surface area contributed by atoms with E-state index in [-0.39, 0.29) is 22.5 Å². The van der Waals surface area contributed by atoms with Gasteiger partial charge in [-0.2, -0.15) is 0 Å². The van der Waals surface area contributed by atoms with Crippen molar-refractivity contribution in [3.63, 3.8) is 0 Å². The Bertz CT molecular complexity index is 1060. The maximum absolute atomic E-state index is 13.2. The molecule has 0 radical (unpaired) electrons. The molecule has 0 spiro atoms. The fourth-order valence-electron chi connectivity index (χ4n) is 2.66. The van der Waals surface area contributed by atoms with E-state index < -0.39 is 0 Å². The van der Waals surface area contributed by atoms with Crippen LogP contribution in [-0.4, -0.2) is 27.3 Å². The molecule has 28 heavy (non-hydrogen) atoms. The smallest absolute Gasteiger partial charge is 0.263 e. The summed E-state index contributed by atoms with van der Waals surface area (Å²) in [5, 5.41) is 5.40. The second-order valence-electron chi connectivity index (χ2n) is 6.99. The molecular formula is C20H22FN3O2S2. The first kappa shape index (κ1) is 20.5. The predicted octanol–water partition coefficient (Wildman–Crippen LogP) is 4.05. The summed E-state index contributed by atoms with van der Waals surface area (Å²) in [4.78, 5) is 30.5. The molecule has 0 saturated carbocycles. The largest absolute Gasteiger partial charge is 0.355 e. The molecule has 3 rings (SSSR count). The minimum atomic E-state index is -0.370. The minimum absolute atomic E-state index is 0.0776. The van der Waals surface area contributed by atoms with Gasteiger partial charge in [0, 0.05) is 24.5 Å². The van der Waals surface area contributed by atoms with Gasteiger partial charge in [0.2, 0.25) is 5.91 Å². The van der Waals surface area contributed by atoms with E-state index in [0.717, 1.165) is 11.1 Å². The number of halogens is 1. The van der Waals surface area contributed by atoms with Gasteiger partial charge in [0.25, 0.3) is 5.56 Å². The Labute approximate surface area is 171 Å². The monoisotopic (exact) mass is 419 g/mol. The van der Waals surface area contributed by atoms with Crippen LogP contribution in [0, 0.1) is 11.7 Å². The number of nitrogens with one attached hydrogen (secondary N) is 1. The van der Waals surface area contributed by atoms with Crippen LogP contribution in [0.15, 0.2) is 39.6 Å². The SMILES string of the molecule is CC(C)CNC(=O)[C@@H](C)Sc1nc2scc(-c3ccc(F)cc3)c2c(=O)n1C. The molecule has 0 aliphatic carbocycles. The Hall–Kier alpha value is -2.19. The van der Waals surface area contributed by atoms with Crippen molar-refractivity contribution in [2.24, 2.45) is 13.0 Å². The van der Waals surface area contributed by atoms with E-state index in [1.165, 1.54) is 39.8 Å². The molecule has 0 saturated heterocycles. The number of benzene rings is 1. The van der Waals surface area contributed by atoms with Crippen LogP contribution in [0.25, 0.3) is 21.3 Å². The molecule has 0 aliphatic heterocycles. The van der Waals surface area contributed by atoms with Gasteiger partial charge in [0.1, 0.15) is 10.6 Å². The van der Waals surface area contributed by atoms with Gasteiger partial charge >= 0.3 is 0 Å². The fourth-order valence-corrected chi connectivity index (χ4v) is 4.55. The molecule has 2 aromatic heterocycles. The zero-order chi connectivity index (χ0) is 20.4. The van der Waals surface area contributed by atoms with Crippen molar-refractivity contribution in [1.29, 1.82) is 0 Å². The zero-order valence-corrected chi connectivity index (χ0v) is 17.8. The lowest BCUT2D eigenvalue weighted by molar-refractivity contribution is -0.120. The van der Waals surface area contributed by atoms with Gasteiger partial charge in [-0.05, 0) is 30.5 Å². The van der Waals surface area contributed by atoms with Crippen molar-refractivity contribution in [2.75, 3.05) is 6.54 Å². The lowest BCUT2D eigenvalue weighted by atomic mass is 10.1. The number of hydrogen-bond acceptors (Lipinski definition) is 5. The van der Waals surface area contributed by atoms with E-state index in [1.807, 2.05) is 19.2 Å². The first-order valence-corrected chi connectivity index (χ1v) is 10.7. The summed E-state index contributed by atoms with van der Waals surface area (Å²) in [6.45, 7) is 6.48. The summed E-state index contributed by atoms with van der Waals surface area (Å²) >= 11 is 2.63. The second kappa shape index (κ2) is 8.45. The maximum Gasteiger partial charge on any atom is 0.263 e. The van der Waals surface area contributed by atoms with Crippen LogP contribution in [0.5, 0.6) is 0 Å². The molecule has 3 aromatic rings. The number of carbonyl (C=O) groups is 1. The van der Waals surface area contributed by atoms with Crippen LogP contribution in [0.4, 0.5) is 4.39 Å². The lowest BCUT2D eigenvalue weighted by Crippen LogP contribution is -2.34. The van der Waals surface area contributed by atoms with E-state index in [4.69, 9.17) is 0 Å². The third-order valence-electron chi connectivity index (χ3n) is 4.27.